The second kappa shape index (κ2) is 9.32. The summed E-state index contributed by atoms with van der Waals surface area (Å²) in [7, 11) is 0. The Labute approximate surface area is 177 Å². The van der Waals surface area contributed by atoms with E-state index < -0.39 is 11.6 Å². The highest BCUT2D eigenvalue weighted by atomic mass is 16.6. The molecule has 2 aromatic rings. The summed E-state index contributed by atoms with van der Waals surface area (Å²) in [4.78, 5) is 25.1. The Bertz CT molecular complexity index is 877. The lowest BCUT2D eigenvalue weighted by atomic mass is 9.92. The van der Waals surface area contributed by atoms with E-state index in [2.05, 4.69) is 5.10 Å². The Kier molecular flexibility index (Phi) is 6.80. The molecule has 7 nitrogen and oxygen atoms in total. The van der Waals surface area contributed by atoms with Gasteiger partial charge in [-0.3, -0.25) is 4.68 Å². The van der Waals surface area contributed by atoms with Gasteiger partial charge in [-0.2, -0.15) is 5.10 Å². The smallest absolute Gasteiger partial charge is 0.410 e. The molecule has 0 radical (unpaired) electrons. The van der Waals surface area contributed by atoms with Crippen molar-refractivity contribution in [3.8, 4) is 11.1 Å². The number of amides is 1. The molecule has 0 atom stereocenters. The van der Waals surface area contributed by atoms with Crippen molar-refractivity contribution in [3.63, 3.8) is 0 Å². The van der Waals surface area contributed by atoms with Crippen LogP contribution in [0.15, 0.2) is 36.7 Å². The summed E-state index contributed by atoms with van der Waals surface area (Å²) in [6.45, 7) is 8.01. The number of carboxylic acid groups (broad SMARTS) is 1. The van der Waals surface area contributed by atoms with Crippen LogP contribution in [0.5, 0.6) is 0 Å². The number of rotatable bonds is 6. The number of aryl methyl sites for hydroxylation is 1. The molecular formula is C23H31N3O4. The van der Waals surface area contributed by atoms with Crippen LogP contribution < -0.4 is 0 Å². The molecule has 162 valence electrons. The molecule has 1 amide bonds. The predicted molar refractivity (Wildman–Crippen MR) is 114 cm³/mol. The molecule has 0 spiro atoms. The number of benzene rings is 1. The highest BCUT2D eigenvalue weighted by molar-refractivity contribution is 5.89. The number of carboxylic acids is 1. The van der Waals surface area contributed by atoms with Crippen molar-refractivity contribution in [2.75, 3.05) is 13.1 Å². The fraction of sp³-hybridized carbons (Fsp3) is 0.522. The van der Waals surface area contributed by atoms with Crippen LogP contribution in [-0.4, -0.2) is 50.5 Å². The summed E-state index contributed by atoms with van der Waals surface area (Å²) >= 11 is 0. The largest absolute Gasteiger partial charge is 0.478 e. The van der Waals surface area contributed by atoms with Crippen molar-refractivity contribution < 1.29 is 19.4 Å². The lowest BCUT2D eigenvalue weighted by Crippen LogP contribution is -2.41. The molecule has 0 saturated carbocycles. The van der Waals surface area contributed by atoms with Crippen molar-refractivity contribution in [3.05, 3.63) is 42.2 Å². The zero-order valence-corrected chi connectivity index (χ0v) is 18.0. The molecule has 7 heteroatoms. The maximum Gasteiger partial charge on any atom is 0.410 e. The van der Waals surface area contributed by atoms with Crippen molar-refractivity contribution >= 4 is 12.1 Å². The average Bonchev–Trinajstić information content (AvgIpc) is 3.16. The van der Waals surface area contributed by atoms with Crippen molar-refractivity contribution in [1.29, 1.82) is 0 Å². The summed E-state index contributed by atoms with van der Waals surface area (Å²) < 4.78 is 7.37. The molecule has 3 rings (SSSR count). The quantitative estimate of drug-likeness (QED) is 0.743. The average molecular weight is 414 g/mol. The molecule has 1 aromatic heterocycles. The Morgan fingerprint density at radius 1 is 1.20 bits per heavy atom. The monoisotopic (exact) mass is 413 g/mol. The Balaban J connectivity index is 1.43. The van der Waals surface area contributed by atoms with Gasteiger partial charge in [-0.05, 0) is 70.1 Å². The Hall–Kier alpha value is -2.83. The molecule has 1 aliphatic heterocycles. The number of aromatic nitrogens is 2. The molecule has 0 aliphatic carbocycles. The fourth-order valence-electron chi connectivity index (χ4n) is 3.74. The third kappa shape index (κ3) is 6.08. The molecule has 1 aromatic carbocycles. The zero-order chi connectivity index (χ0) is 21.7. The van der Waals surface area contributed by atoms with Crippen LogP contribution >= 0.6 is 0 Å². The topological polar surface area (TPSA) is 84.7 Å². The normalized spacial score (nSPS) is 15.2. The fourth-order valence-corrected chi connectivity index (χ4v) is 3.74. The molecule has 1 saturated heterocycles. The summed E-state index contributed by atoms with van der Waals surface area (Å²) in [5, 5.41) is 13.6. The molecule has 2 heterocycles. The van der Waals surface area contributed by atoms with Crippen molar-refractivity contribution in [2.24, 2.45) is 5.92 Å². The maximum absolute atomic E-state index is 12.2. The van der Waals surface area contributed by atoms with E-state index in [0.29, 0.717) is 5.92 Å². The summed E-state index contributed by atoms with van der Waals surface area (Å²) in [6.07, 6.45) is 7.67. The Morgan fingerprint density at radius 3 is 2.60 bits per heavy atom. The molecule has 1 fully saturated rings. The van der Waals surface area contributed by atoms with Gasteiger partial charge in [0.15, 0.2) is 0 Å². The van der Waals surface area contributed by atoms with E-state index >= 15 is 0 Å². The van der Waals surface area contributed by atoms with E-state index in [1.54, 1.807) is 24.4 Å². The highest BCUT2D eigenvalue weighted by Gasteiger charge is 2.26. The number of likely N-dealkylation sites (tertiary alicyclic amines) is 1. The van der Waals surface area contributed by atoms with E-state index in [0.717, 1.165) is 56.4 Å². The van der Waals surface area contributed by atoms with Gasteiger partial charge in [-0.25, -0.2) is 9.59 Å². The lowest BCUT2D eigenvalue weighted by Gasteiger charge is -2.33. The molecule has 1 aliphatic rings. The summed E-state index contributed by atoms with van der Waals surface area (Å²) in [5.41, 5.74) is 1.60. The van der Waals surface area contributed by atoms with Crippen LogP contribution in [0.1, 0.15) is 56.8 Å². The van der Waals surface area contributed by atoms with Gasteiger partial charge in [0.25, 0.3) is 0 Å². The number of ether oxygens (including phenoxy) is 1. The number of hydrogen-bond acceptors (Lipinski definition) is 4. The standard InChI is InChI=1S/C23H31N3O4/c1-23(2,3)30-22(29)25-12-9-17(10-13-25)6-5-11-26-16-20(15-24-26)18-7-4-8-19(14-18)21(27)28/h4,7-8,14-17H,5-6,9-13H2,1-3H3,(H,27,28). The van der Waals surface area contributed by atoms with Crippen molar-refractivity contribution in [2.45, 2.75) is 58.6 Å². The van der Waals surface area contributed by atoms with E-state index in [4.69, 9.17) is 9.84 Å². The maximum atomic E-state index is 12.2. The van der Waals surface area contributed by atoms with Gasteiger partial charge in [0.05, 0.1) is 11.8 Å². The minimum Gasteiger partial charge on any atom is -0.478 e. The van der Waals surface area contributed by atoms with Gasteiger partial charge in [-0.15, -0.1) is 0 Å². The van der Waals surface area contributed by atoms with Crippen LogP contribution in [0.2, 0.25) is 0 Å². The van der Waals surface area contributed by atoms with Crippen LogP contribution in [0, 0.1) is 5.92 Å². The number of carbonyl (C=O) groups excluding carboxylic acids is 1. The van der Waals surface area contributed by atoms with Crippen LogP contribution in [0.3, 0.4) is 0 Å². The second-order valence-corrected chi connectivity index (χ2v) is 8.93. The van der Waals surface area contributed by atoms with Crippen LogP contribution in [0.4, 0.5) is 4.79 Å². The van der Waals surface area contributed by atoms with Crippen LogP contribution in [0.25, 0.3) is 11.1 Å². The minimum absolute atomic E-state index is 0.211. The van der Waals surface area contributed by atoms with Gasteiger partial charge < -0.3 is 14.7 Å². The number of carbonyl (C=O) groups is 2. The SMILES string of the molecule is CC(C)(C)OC(=O)N1CCC(CCCn2cc(-c3cccc(C(=O)O)c3)cn2)CC1. The summed E-state index contributed by atoms with van der Waals surface area (Å²) in [6, 6.07) is 6.90. The molecule has 0 bridgehead atoms. The number of aromatic carboxylic acids is 1. The lowest BCUT2D eigenvalue weighted by molar-refractivity contribution is 0.0180. The highest BCUT2D eigenvalue weighted by Crippen LogP contribution is 2.24. The zero-order valence-electron chi connectivity index (χ0n) is 18.0. The van der Waals surface area contributed by atoms with Gasteiger partial charge in [0.2, 0.25) is 0 Å². The first kappa shape index (κ1) is 21.9. The minimum atomic E-state index is -0.929. The first-order valence-electron chi connectivity index (χ1n) is 10.6. The molecule has 1 N–H and O–H groups in total. The van der Waals surface area contributed by atoms with Gasteiger partial charge in [0.1, 0.15) is 5.60 Å². The predicted octanol–water partition coefficient (Wildman–Crippen LogP) is 4.68. The summed E-state index contributed by atoms with van der Waals surface area (Å²) in [5.74, 6) is -0.312. The van der Waals surface area contributed by atoms with Crippen LogP contribution in [-0.2, 0) is 11.3 Å². The van der Waals surface area contributed by atoms with Crippen molar-refractivity contribution in [1.82, 2.24) is 14.7 Å². The first-order chi connectivity index (χ1) is 14.2. The Morgan fingerprint density at radius 2 is 1.93 bits per heavy atom. The van der Waals surface area contributed by atoms with Gasteiger partial charge >= 0.3 is 12.1 Å². The van der Waals surface area contributed by atoms with E-state index in [1.807, 2.05) is 42.6 Å². The molecule has 30 heavy (non-hydrogen) atoms. The molecular weight excluding hydrogens is 382 g/mol. The van der Waals surface area contributed by atoms with E-state index in [1.165, 1.54) is 0 Å². The van der Waals surface area contributed by atoms with Gasteiger partial charge in [-0.1, -0.05) is 12.1 Å². The number of nitrogens with zero attached hydrogens (tertiary/aromatic N) is 3. The van der Waals surface area contributed by atoms with E-state index in [9.17, 15) is 9.59 Å². The first-order valence-corrected chi connectivity index (χ1v) is 10.6. The van der Waals surface area contributed by atoms with Gasteiger partial charge in [0, 0.05) is 31.4 Å². The third-order valence-corrected chi connectivity index (χ3v) is 5.34. The molecule has 0 unspecified atom stereocenters. The number of piperidine rings is 1. The van der Waals surface area contributed by atoms with E-state index in [-0.39, 0.29) is 11.7 Å². The number of hydrogen-bond donors (Lipinski definition) is 1. The third-order valence-electron chi connectivity index (χ3n) is 5.34. The second-order valence-electron chi connectivity index (χ2n) is 8.93.